The van der Waals surface area contributed by atoms with Crippen LogP contribution in [0.3, 0.4) is 0 Å². The van der Waals surface area contributed by atoms with Gasteiger partial charge in [-0.1, -0.05) is 60.8 Å². The van der Waals surface area contributed by atoms with Crippen LogP contribution in [0.5, 0.6) is 0 Å². The number of hydrogen-bond donors (Lipinski definition) is 0. The fourth-order valence-corrected chi connectivity index (χ4v) is 1.90. The van der Waals surface area contributed by atoms with Crippen molar-refractivity contribution < 1.29 is 28.4 Å². The first kappa shape index (κ1) is 30.9. The summed E-state index contributed by atoms with van der Waals surface area (Å²) in [7, 11) is 0. The van der Waals surface area contributed by atoms with Gasteiger partial charge in [0, 0.05) is 0 Å². The zero-order valence-electron chi connectivity index (χ0n) is 20.2. The van der Waals surface area contributed by atoms with Crippen molar-refractivity contribution in [1.29, 1.82) is 0 Å². The molecule has 0 aromatic carbocycles. The molecule has 0 saturated carbocycles. The predicted octanol–water partition coefficient (Wildman–Crippen LogP) is 6.27. The van der Waals surface area contributed by atoms with Crippen LogP contribution >= 0.6 is 0 Å². The Balaban J connectivity index is 0. The molecule has 0 saturated heterocycles. The summed E-state index contributed by atoms with van der Waals surface area (Å²) in [5.74, 6) is 0. The zero-order chi connectivity index (χ0) is 22.0. The molecule has 0 amide bonds. The molecule has 0 spiro atoms. The summed E-state index contributed by atoms with van der Waals surface area (Å²) in [5.41, 5.74) is 0. The molecular formula is C23H50O6. The molecule has 0 radical (unpaired) electrons. The van der Waals surface area contributed by atoms with Crippen LogP contribution in [-0.2, 0) is 28.4 Å². The predicted molar refractivity (Wildman–Crippen MR) is 119 cm³/mol. The van der Waals surface area contributed by atoms with E-state index in [4.69, 9.17) is 28.4 Å². The van der Waals surface area contributed by atoms with Crippen LogP contribution in [0, 0.1) is 0 Å². The van der Waals surface area contributed by atoms with Gasteiger partial charge in [-0.2, -0.15) is 0 Å². The smallest absolute Gasteiger partial charge is 0.271 e. The minimum Gasteiger partial charge on any atom is -0.330 e. The second-order valence-electron chi connectivity index (χ2n) is 6.86. The van der Waals surface area contributed by atoms with E-state index in [0.717, 1.165) is 77.6 Å². The van der Waals surface area contributed by atoms with Crippen molar-refractivity contribution in [2.45, 2.75) is 112 Å². The van der Waals surface area contributed by atoms with E-state index < -0.39 is 13.0 Å². The Kier molecular flexibility index (Phi) is 29.6. The Hall–Kier alpha value is -0.240. The van der Waals surface area contributed by atoms with Gasteiger partial charge < -0.3 is 28.4 Å². The highest BCUT2D eigenvalue weighted by molar-refractivity contribution is 4.37. The van der Waals surface area contributed by atoms with Crippen molar-refractivity contribution in [1.82, 2.24) is 0 Å². The fourth-order valence-electron chi connectivity index (χ4n) is 1.90. The fraction of sp³-hybridized carbons (Fsp3) is 1.00. The standard InChI is InChI=1S/C13H28O3.C10H22O3/c1-4-7-10-14-13(15-11-8-5-2)16-12-9-6-3;1-4-7-11-10(12-8-5-2)13-9-6-3/h13H,4-12H2,1-3H3;10H,4-9H2,1-3H3. The molecule has 0 N–H and O–H groups in total. The normalized spacial score (nSPS) is 11.2. The van der Waals surface area contributed by atoms with Crippen molar-refractivity contribution in [2.24, 2.45) is 0 Å². The van der Waals surface area contributed by atoms with Crippen LogP contribution in [0.2, 0.25) is 0 Å². The van der Waals surface area contributed by atoms with Gasteiger partial charge in [-0.3, -0.25) is 0 Å². The summed E-state index contributed by atoms with van der Waals surface area (Å²) in [5, 5.41) is 0. The number of ether oxygens (including phenoxy) is 6. The molecule has 0 fully saturated rings. The molecule has 0 aliphatic carbocycles. The van der Waals surface area contributed by atoms with Crippen LogP contribution in [-0.4, -0.2) is 52.6 Å². The number of unbranched alkanes of at least 4 members (excludes halogenated alkanes) is 3. The van der Waals surface area contributed by atoms with Crippen LogP contribution in [0.15, 0.2) is 0 Å². The summed E-state index contributed by atoms with van der Waals surface area (Å²) in [6.45, 7) is 16.0. The maximum absolute atomic E-state index is 5.53. The molecule has 0 aromatic rings. The van der Waals surface area contributed by atoms with Crippen molar-refractivity contribution in [3.63, 3.8) is 0 Å². The molecule has 0 aliphatic heterocycles. The number of hydrogen-bond acceptors (Lipinski definition) is 6. The summed E-state index contributed by atoms with van der Waals surface area (Å²) >= 11 is 0. The Morgan fingerprint density at radius 1 is 0.345 bits per heavy atom. The van der Waals surface area contributed by atoms with Crippen molar-refractivity contribution in [3.05, 3.63) is 0 Å². The van der Waals surface area contributed by atoms with Crippen LogP contribution in [0.4, 0.5) is 0 Å². The van der Waals surface area contributed by atoms with Crippen molar-refractivity contribution in [2.75, 3.05) is 39.6 Å². The molecule has 0 unspecified atom stereocenters. The summed E-state index contributed by atoms with van der Waals surface area (Å²) in [6.07, 6.45) is 9.55. The third-order valence-corrected chi connectivity index (χ3v) is 3.63. The van der Waals surface area contributed by atoms with Gasteiger partial charge in [0.15, 0.2) is 0 Å². The van der Waals surface area contributed by atoms with E-state index in [1.165, 1.54) is 0 Å². The van der Waals surface area contributed by atoms with E-state index in [1.54, 1.807) is 0 Å². The first-order chi connectivity index (χ1) is 14.2. The van der Waals surface area contributed by atoms with Gasteiger partial charge in [0.05, 0.1) is 39.6 Å². The van der Waals surface area contributed by atoms with Crippen LogP contribution < -0.4 is 0 Å². The van der Waals surface area contributed by atoms with Gasteiger partial charge in [-0.15, -0.1) is 0 Å². The minimum atomic E-state index is -0.458. The highest BCUT2D eigenvalue weighted by Crippen LogP contribution is 2.04. The second-order valence-corrected chi connectivity index (χ2v) is 6.86. The molecule has 0 bridgehead atoms. The van der Waals surface area contributed by atoms with Crippen molar-refractivity contribution in [3.8, 4) is 0 Å². The maximum atomic E-state index is 5.53. The van der Waals surface area contributed by atoms with E-state index >= 15 is 0 Å². The molecule has 0 atom stereocenters. The molecule has 0 heterocycles. The van der Waals surface area contributed by atoms with E-state index in [1.807, 2.05) is 0 Å². The summed E-state index contributed by atoms with van der Waals surface area (Å²) in [6, 6.07) is 0. The minimum absolute atomic E-state index is 0.454. The Morgan fingerprint density at radius 3 is 0.793 bits per heavy atom. The average molecular weight is 423 g/mol. The lowest BCUT2D eigenvalue weighted by Crippen LogP contribution is -2.23. The van der Waals surface area contributed by atoms with Gasteiger partial charge >= 0.3 is 0 Å². The monoisotopic (exact) mass is 422 g/mol. The lowest BCUT2D eigenvalue weighted by Gasteiger charge is -2.18. The van der Waals surface area contributed by atoms with Crippen molar-refractivity contribution >= 4 is 0 Å². The van der Waals surface area contributed by atoms with Crippen LogP contribution in [0.1, 0.15) is 99.3 Å². The summed E-state index contributed by atoms with van der Waals surface area (Å²) in [4.78, 5) is 0. The Morgan fingerprint density at radius 2 is 0.586 bits per heavy atom. The second kappa shape index (κ2) is 27.8. The SMILES string of the molecule is CCCCOC(OCCCC)OCCCC.CCCOC(OCCC)OCCC. The molecule has 6 nitrogen and oxygen atoms in total. The molecule has 178 valence electrons. The first-order valence-corrected chi connectivity index (χ1v) is 11.9. The van der Waals surface area contributed by atoms with E-state index in [0.29, 0.717) is 19.8 Å². The Labute approximate surface area is 180 Å². The largest absolute Gasteiger partial charge is 0.330 e. The Bertz CT molecular complexity index is 235. The maximum Gasteiger partial charge on any atom is 0.271 e. The zero-order valence-corrected chi connectivity index (χ0v) is 20.2. The van der Waals surface area contributed by atoms with Gasteiger partial charge in [0.25, 0.3) is 13.0 Å². The van der Waals surface area contributed by atoms with Gasteiger partial charge in [-0.25, -0.2) is 0 Å². The average Bonchev–Trinajstić information content (AvgIpc) is 2.74. The van der Waals surface area contributed by atoms with Gasteiger partial charge in [0.1, 0.15) is 0 Å². The highest BCUT2D eigenvalue weighted by Gasteiger charge is 2.09. The molecule has 0 aliphatic rings. The third-order valence-electron chi connectivity index (χ3n) is 3.63. The topological polar surface area (TPSA) is 55.4 Å². The lowest BCUT2D eigenvalue weighted by molar-refractivity contribution is -0.288. The van der Waals surface area contributed by atoms with Gasteiger partial charge in [0.2, 0.25) is 0 Å². The third kappa shape index (κ3) is 25.7. The van der Waals surface area contributed by atoms with Crippen LogP contribution in [0.25, 0.3) is 0 Å². The summed E-state index contributed by atoms with van der Waals surface area (Å²) < 4.78 is 32.6. The van der Waals surface area contributed by atoms with E-state index in [-0.39, 0.29) is 0 Å². The number of rotatable bonds is 21. The molecule has 29 heavy (non-hydrogen) atoms. The van der Waals surface area contributed by atoms with E-state index in [9.17, 15) is 0 Å². The van der Waals surface area contributed by atoms with E-state index in [2.05, 4.69) is 41.5 Å². The highest BCUT2D eigenvalue weighted by atomic mass is 16.8. The first-order valence-electron chi connectivity index (χ1n) is 11.9. The van der Waals surface area contributed by atoms with Gasteiger partial charge in [-0.05, 0) is 38.5 Å². The lowest BCUT2D eigenvalue weighted by atomic mass is 10.4. The molecule has 0 rings (SSSR count). The quantitative estimate of drug-likeness (QED) is 0.160. The molecular weight excluding hydrogens is 372 g/mol. The molecule has 6 heteroatoms. The molecule has 0 aromatic heterocycles.